The van der Waals surface area contributed by atoms with E-state index in [1.807, 2.05) is 0 Å². The largest absolute Gasteiger partial charge is 0.299 e. The monoisotopic (exact) mass is 180 g/mol. The van der Waals surface area contributed by atoms with Gasteiger partial charge in [-0.05, 0) is 25.7 Å². The molecule has 2 rings (SSSR count). The van der Waals surface area contributed by atoms with Crippen LogP contribution >= 0.6 is 0 Å². The predicted molar refractivity (Wildman–Crippen MR) is 53.5 cm³/mol. The van der Waals surface area contributed by atoms with Gasteiger partial charge in [0.15, 0.2) is 0 Å². The molecular weight excluding hydrogens is 160 g/mol. The van der Waals surface area contributed by atoms with Crippen LogP contribution in [0.1, 0.15) is 58.3 Å². The highest BCUT2D eigenvalue weighted by Crippen LogP contribution is 2.49. The van der Waals surface area contributed by atoms with Crippen LogP contribution in [0.5, 0.6) is 0 Å². The van der Waals surface area contributed by atoms with E-state index in [0.29, 0.717) is 11.7 Å². The van der Waals surface area contributed by atoms with E-state index in [1.165, 1.54) is 38.5 Å². The Morgan fingerprint density at radius 1 is 1.08 bits per heavy atom. The normalized spacial score (nSPS) is 28.1. The fraction of sp³-hybridized carbons (Fsp3) is 0.917. The second kappa shape index (κ2) is 3.43. The first-order valence-electron chi connectivity index (χ1n) is 5.77. The van der Waals surface area contributed by atoms with Crippen LogP contribution in [0.15, 0.2) is 0 Å². The predicted octanol–water partition coefficient (Wildman–Crippen LogP) is 3.33. The molecule has 2 fully saturated rings. The smallest absolute Gasteiger partial charge is 0.141 e. The summed E-state index contributed by atoms with van der Waals surface area (Å²) in [7, 11) is 0. The molecule has 0 radical (unpaired) electrons. The highest BCUT2D eigenvalue weighted by atomic mass is 16.1. The first-order chi connectivity index (χ1) is 6.22. The summed E-state index contributed by atoms with van der Waals surface area (Å²) in [5, 5.41) is 0. The Labute approximate surface area is 80.9 Å². The minimum absolute atomic E-state index is 0.120. The molecule has 0 bridgehead atoms. The molecule has 2 aliphatic carbocycles. The maximum atomic E-state index is 12.0. The number of rotatable bonds is 2. The summed E-state index contributed by atoms with van der Waals surface area (Å²) >= 11 is 0. The molecule has 0 atom stereocenters. The van der Waals surface area contributed by atoms with Crippen LogP contribution < -0.4 is 0 Å². The summed E-state index contributed by atoms with van der Waals surface area (Å²) in [5.41, 5.74) is 0.120. The van der Waals surface area contributed by atoms with E-state index >= 15 is 0 Å². The maximum Gasteiger partial charge on any atom is 0.141 e. The van der Waals surface area contributed by atoms with Gasteiger partial charge in [-0.3, -0.25) is 4.79 Å². The van der Waals surface area contributed by atoms with Crippen molar-refractivity contribution in [1.29, 1.82) is 0 Å². The van der Waals surface area contributed by atoms with Crippen molar-refractivity contribution in [3.63, 3.8) is 0 Å². The summed E-state index contributed by atoms with van der Waals surface area (Å²) < 4.78 is 0. The average Bonchev–Trinajstić information content (AvgIpc) is 2.88. The Hall–Kier alpha value is -0.330. The van der Waals surface area contributed by atoms with Gasteiger partial charge in [-0.2, -0.15) is 0 Å². The van der Waals surface area contributed by atoms with E-state index in [-0.39, 0.29) is 5.41 Å². The maximum absolute atomic E-state index is 12.0. The number of hydrogen-bond donors (Lipinski definition) is 0. The van der Waals surface area contributed by atoms with Crippen LogP contribution in [-0.2, 0) is 4.79 Å². The summed E-state index contributed by atoms with van der Waals surface area (Å²) in [6.45, 7) is 2.15. The molecule has 0 N–H and O–H groups in total. The molecule has 0 unspecified atom stereocenters. The van der Waals surface area contributed by atoms with Crippen molar-refractivity contribution in [2.45, 2.75) is 58.3 Å². The van der Waals surface area contributed by atoms with Crippen molar-refractivity contribution in [3.05, 3.63) is 0 Å². The van der Waals surface area contributed by atoms with Crippen LogP contribution in [0, 0.1) is 11.3 Å². The van der Waals surface area contributed by atoms with Gasteiger partial charge in [-0.25, -0.2) is 0 Å². The molecular formula is C12H20O. The molecule has 0 aliphatic heterocycles. The van der Waals surface area contributed by atoms with Crippen molar-refractivity contribution in [2.24, 2.45) is 11.3 Å². The van der Waals surface area contributed by atoms with Crippen LogP contribution in [0.4, 0.5) is 0 Å². The molecule has 0 aromatic carbocycles. The molecule has 0 spiro atoms. The highest BCUT2D eigenvalue weighted by Gasteiger charge is 2.46. The van der Waals surface area contributed by atoms with Gasteiger partial charge in [0.05, 0.1) is 0 Å². The van der Waals surface area contributed by atoms with Crippen molar-refractivity contribution in [2.75, 3.05) is 0 Å². The summed E-state index contributed by atoms with van der Waals surface area (Å²) in [4.78, 5) is 12.0. The standard InChI is InChI=1S/C12H20O/c1-12(8-9-12)11(13)10-6-4-2-3-5-7-10/h10H,2-9H2,1H3. The van der Waals surface area contributed by atoms with Crippen molar-refractivity contribution in [1.82, 2.24) is 0 Å². The van der Waals surface area contributed by atoms with E-state index in [9.17, 15) is 4.79 Å². The molecule has 2 saturated carbocycles. The highest BCUT2D eigenvalue weighted by molar-refractivity contribution is 5.89. The quantitative estimate of drug-likeness (QED) is 0.596. The molecule has 0 heterocycles. The molecule has 74 valence electrons. The topological polar surface area (TPSA) is 17.1 Å². The number of Topliss-reactive ketones (excluding diaryl/α,β-unsaturated/α-hetero) is 1. The third-order valence-corrected chi connectivity index (χ3v) is 3.82. The second-order valence-electron chi connectivity index (χ2n) is 5.11. The van der Waals surface area contributed by atoms with Crippen LogP contribution in [0.25, 0.3) is 0 Å². The Morgan fingerprint density at radius 3 is 2.08 bits per heavy atom. The molecule has 0 aromatic heterocycles. The molecule has 0 saturated heterocycles. The molecule has 2 aliphatic rings. The first kappa shape index (κ1) is 9.23. The van der Waals surface area contributed by atoms with Gasteiger partial charge in [0.1, 0.15) is 5.78 Å². The molecule has 0 aromatic rings. The van der Waals surface area contributed by atoms with Gasteiger partial charge in [0.25, 0.3) is 0 Å². The summed E-state index contributed by atoms with van der Waals surface area (Å²) in [6.07, 6.45) is 9.92. The van der Waals surface area contributed by atoms with Gasteiger partial charge >= 0.3 is 0 Å². The summed E-state index contributed by atoms with van der Waals surface area (Å²) in [6, 6.07) is 0. The lowest BCUT2D eigenvalue weighted by molar-refractivity contribution is -0.128. The van der Waals surface area contributed by atoms with E-state index < -0.39 is 0 Å². The zero-order chi connectivity index (χ0) is 9.31. The first-order valence-corrected chi connectivity index (χ1v) is 5.77. The van der Waals surface area contributed by atoms with Gasteiger partial charge in [-0.1, -0.05) is 32.6 Å². The third-order valence-electron chi connectivity index (χ3n) is 3.82. The van der Waals surface area contributed by atoms with E-state index in [0.717, 1.165) is 12.8 Å². The average molecular weight is 180 g/mol. The Morgan fingerprint density at radius 2 is 1.62 bits per heavy atom. The van der Waals surface area contributed by atoms with Gasteiger partial charge < -0.3 is 0 Å². The zero-order valence-corrected chi connectivity index (χ0v) is 8.64. The number of carbonyl (C=O) groups excluding carboxylic acids is 1. The van der Waals surface area contributed by atoms with Crippen molar-refractivity contribution < 1.29 is 4.79 Å². The molecule has 1 nitrogen and oxygen atoms in total. The third kappa shape index (κ3) is 1.95. The molecule has 13 heavy (non-hydrogen) atoms. The lowest BCUT2D eigenvalue weighted by Crippen LogP contribution is -2.22. The summed E-state index contributed by atoms with van der Waals surface area (Å²) in [5.74, 6) is 1.02. The molecule has 1 heteroatoms. The van der Waals surface area contributed by atoms with E-state index in [4.69, 9.17) is 0 Å². The van der Waals surface area contributed by atoms with Gasteiger partial charge in [-0.15, -0.1) is 0 Å². The number of ketones is 1. The number of carbonyl (C=O) groups is 1. The van der Waals surface area contributed by atoms with Crippen LogP contribution in [0.3, 0.4) is 0 Å². The minimum Gasteiger partial charge on any atom is -0.299 e. The van der Waals surface area contributed by atoms with Crippen LogP contribution in [-0.4, -0.2) is 5.78 Å². The van der Waals surface area contributed by atoms with E-state index in [2.05, 4.69) is 6.92 Å². The Balaban J connectivity index is 1.94. The van der Waals surface area contributed by atoms with Crippen molar-refractivity contribution in [3.8, 4) is 0 Å². The van der Waals surface area contributed by atoms with Gasteiger partial charge in [0, 0.05) is 11.3 Å². The van der Waals surface area contributed by atoms with E-state index in [1.54, 1.807) is 0 Å². The second-order valence-corrected chi connectivity index (χ2v) is 5.11. The fourth-order valence-electron chi connectivity index (χ4n) is 2.47. The molecule has 0 amide bonds. The van der Waals surface area contributed by atoms with Gasteiger partial charge in [0.2, 0.25) is 0 Å². The Kier molecular flexibility index (Phi) is 2.44. The minimum atomic E-state index is 0.120. The lowest BCUT2D eigenvalue weighted by atomic mass is 9.86. The zero-order valence-electron chi connectivity index (χ0n) is 8.64. The number of hydrogen-bond acceptors (Lipinski definition) is 1. The van der Waals surface area contributed by atoms with Crippen LogP contribution in [0.2, 0.25) is 0 Å². The van der Waals surface area contributed by atoms with Crippen molar-refractivity contribution >= 4 is 5.78 Å². The SMILES string of the molecule is CC1(C(=O)C2CCCCCC2)CC1. The fourth-order valence-corrected chi connectivity index (χ4v) is 2.47. The lowest BCUT2D eigenvalue weighted by Gasteiger charge is -2.16. The Bertz CT molecular complexity index is 195.